The van der Waals surface area contributed by atoms with Gasteiger partial charge in [0.1, 0.15) is 11.8 Å². The Kier molecular flexibility index (Phi) is 9.30. The van der Waals surface area contributed by atoms with Gasteiger partial charge in [0.2, 0.25) is 10.0 Å². The zero-order valence-electron chi connectivity index (χ0n) is 19.7. The van der Waals surface area contributed by atoms with Crippen LogP contribution in [0.4, 0.5) is 0 Å². The van der Waals surface area contributed by atoms with Crippen LogP contribution >= 0.6 is 0 Å². The number of nitrogens with one attached hydrogen (secondary N) is 1. The second-order valence-corrected chi connectivity index (χ2v) is 9.41. The molecular weight excluding hydrogens is 468 g/mol. The van der Waals surface area contributed by atoms with Crippen molar-refractivity contribution >= 4 is 16.0 Å². The number of sulfonamides is 1. The van der Waals surface area contributed by atoms with Gasteiger partial charge in [-0.15, -0.1) is 6.42 Å². The minimum absolute atomic E-state index is 0.0361. The topological polar surface area (TPSA) is 94.2 Å². The number of esters is 1. The number of benzene rings is 2. The van der Waals surface area contributed by atoms with E-state index >= 15 is 0 Å². The van der Waals surface area contributed by atoms with E-state index in [0.717, 1.165) is 24.2 Å². The highest BCUT2D eigenvalue weighted by atomic mass is 32.2. The maximum absolute atomic E-state index is 13.2. The Hall–Kier alpha value is -3.34. The lowest BCUT2D eigenvalue weighted by Crippen LogP contribution is -2.41. The molecule has 1 heterocycles. The van der Waals surface area contributed by atoms with E-state index in [0.29, 0.717) is 25.5 Å². The first-order valence-corrected chi connectivity index (χ1v) is 12.5. The van der Waals surface area contributed by atoms with Crippen molar-refractivity contribution in [2.45, 2.75) is 17.4 Å². The van der Waals surface area contributed by atoms with E-state index in [9.17, 15) is 13.2 Å². The molecular formula is C26H28N2O6S. The van der Waals surface area contributed by atoms with Crippen molar-refractivity contribution in [3.05, 3.63) is 48.0 Å². The molecule has 1 fully saturated rings. The van der Waals surface area contributed by atoms with Crippen LogP contribution in [0.2, 0.25) is 0 Å². The third-order valence-electron chi connectivity index (χ3n) is 5.47. The molecule has 35 heavy (non-hydrogen) atoms. The van der Waals surface area contributed by atoms with Gasteiger partial charge in [-0.2, -0.15) is 4.72 Å². The van der Waals surface area contributed by atoms with Crippen LogP contribution < -0.4 is 9.46 Å². The fraction of sp³-hybridized carbons (Fsp3) is 0.346. The van der Waals surface area contributed by atoms with Gasteiger partial charge in [0.15, 0.2) is 0 Å². The number of carbonyl (C=O) groups is 1. The van der Waals surface area contributed by atoms with Crippen molar-refractivity contribution in [3.63, 3.8) is 0 Å². The molecule has 1 saturated heterocycles. The third kappa shape index (κ3) is 7.08. The quantitative estimate of drug-likeness (QED) is 0.441. The number of morpholine rings is 1. The van der Waals surface area contributed by atoms with E-state index in [4.69, 9.17) is 20.6 Å². The minimum Gasteiger partial charge on any atom is -0.497 e. The normalized spacial score (nSPS) is 14.8. The van der Waals surface area contributed by atoms with Crippen molar-refractivity contribution in [1.82, 2.24) is 9.62 Å². The summed E-state index contributed by atoms with van der Waals surface area (Å²) in [6, 6.07) is 10.8. The van der Waals surface area contributed by atoms with Crippen LogP contribution in [0.3, 0.4) is 0 Å². The fourth-order valence-electron chi connectivity index (χ4n) is 3.51. The zero-order valence-corrected chi connectivity index (χ0v) is 20.6. The second kappa shape index (κ2) is 12.4. The smallest absolute Gasteiger partial charge is 0.324 e. The number of rotatable bonds is 8. The highest BCUT2D eigenvalue weighted by Crippen LogP contribution is 2.26. The highest BCUT2D eigenvalue weighted by molar-refractivity contribution is 7.89. The molecule has 0 aliphatic carbocycles. The minimum atomic E-state index is -4.13. The van der Waals surface area contributed by atoms with Crippen molar-refractivity contribution < 1.29 is 27.4 Å². The Morgan fingerprint density at radius 2 is 1.80 bits per heavy atom. The van der Waals surface area contributed by atoms with Gasteiger partial charge in [-0.25, -0.2) is 8.42 Å². The molecule has 1 unspecified atom stereocenters. The van der Waals surface area contributed by atoms with Gasteiger partial charge in [-0.05, 0) is 35.4 Å². The summed E-state index contributed by atoms with van der Waals surface area (Å²) in [5.74, 6) is 8.27. The summed E-state index contributed by atoms with van der Waals surface area (Å²) >= 11 is 0. The molecule has 8 nitrogen and oxygen atoms in total. The number of carbonyl (C=O) groups excluding carboxylic acids is 1. The molecule has 2 aromatic rings. The van der Waals surface area contributed by atoms with E-state index in [2.05, 4.69) is 27.4 Å². The highest BCUT2D eigenvalue weighted by Gasteiger charge is 2.27. The number of ether oxygens (including phenoxy) is 3. The number of methoxy groups -OCH3 is 2. The summed E-state index contributed by atoms with van der Waals surface area (Å²) in [7, 11) is -1.36. The molecule has 0 amide bonds. The Morgan fingerprint density at radius 3 is 2.43 bits per heavy atom. The number of nitrogens with zero attached hydrogens (tertiary/aromatic N) is 1. The average molecular weight is 497 g/mol. The Balaban J connectivity index is 1.77. The van der Waals surface area contributed by atoms with Crippen molar-refractivity contribution in [2.75, 3.05) is 47.1 Å². The van der Waals surface area contributed by atoms with Crippen LogP contribution in [0.25, 0.3) is 11.1 Å². The number of hydrogen-bond acceptors (Lipinski definition) is 7. The molecule has 1 aliphatic rings. The molecule has 1 aliphatic heterocycles. The monoisotopic (exact) mass is 496 g/mol. The predicted molar refractivity (Wildman–Crippen MR) is 132 cm³/mol. The molecule has 3 rings (SSSR count). The van der Waals surface area contributed by atoms with Crippen LogP contribution in [0.1, 0.15) is 12.0 Å². The van der Waals surface area contributed by atoms with Crippen molar-refractivity contribution in [3.8, 4) is 41.1 Å². The molecule has 2 aromatic carbocycles. The fourth-order valence-corrected chi connectivity index (χ4v) is 4.84. The SMILES string of the molecule is C#Cc1cc(-c2ccc(OC)cc2)ccc1S(=O)(=O)NC(CC#CCN1CCOCC1)C(=O)OC. The maximum Gasteiger partial charge on any atom is 0.324 e. The first kappa shape index (κ1) is 26.3. The van der Waals surface area contributed by atoms with Crippen molar-refractivity contribution in [2.24, 2.45) is 0 Å². The molecule has 184 valence electrons. The van der Waals surface area contributed by atoms with Gasteiger partial charge in [0, 0.05) is 25.1 Å². The third-order valence-corrected chi connectivity index (χ3v) is 7.00. The van der Waals surface area contributed by atoms with E-state index in [-0.39, 0.29) is 16.9 Å². The Labute approximate surface area is 206 Å². The van der Waals surface area contributed by atoms with Crippen LogP contribution in [0, 0.1) is 24.2 Å². The zero-order chi connectivity index (χ0) is 25.3. The van der Waals surface area contributed by atoms with Crippen LogP contribution in [-0.4, -0.2) is 72.4 Å². The summed E-state index contributed by atoms with van der Waals surface area (Å²) in [4.78, 5) is 14.3. The number of terminal acetylenes is 1. The van der Waals surface area contributed by atoms with Crippen molar-refractivity contribution in [1.29, 1.82) is 0 Å². The van der Waals surface area contributed by atoms with Gasteiger partial charge in [-0.1, -0.05) is 36.0 Å². The molecule has 9 heteroatoms. The molecule has 0 saturated carbocycles. The number of hydrogen-bond donors (Lipinski definition) is 1. The standard InChI is InChI=1S/C26H28N2O6S/c1-4-20-19-22(21-8-11-23(32-2)12-9-21)10-13-25(20)35(30,31)27-24(26(29)33-3)7-5-6-14-28-15-17-34-18-16-28/h1,8-13,19,24,27H,7,14-18H2,2-3H3. The van der Waals surface area contributed by atoms with Gasteiger partial charge in [-0.3, -0.25) is 9.69 Å². The van der Waals surface area contributed by atoms with Gasteiger partial charge in [0.05, 0.1) is 38.9 Å². The van der Waals surface area contributed by atoms with Crippen LogP contribution in [-0.2, 0) is 24.3 Å². The molecule has 0 bridgehead atoms. The lowest BCUT2D eigenvalue weighted by molar-refractivity contribution is -0.142. The first-order valence-electron chi connectivity index (χ1n) is 11.0. The van der Waals surface area contributed by atoms with E-state index in [1.807, 2.05) is 12.1 Å². The summed E-state index contributed by atoms with van der Waals surface area (Å²) in [6.45, 7) is 3.38. The molecule has 0 spiro atoms. The first-order chi connectivity index (χ1) is 16.9. The molecule has 1 atom stereocenters. The van der Waals surface area contributed by atoms with E-state index in [1.54, 1.807) is 31.4 Å². The largest absolute Gasteiger partial charge is 0.497 e. The van der Waals surface area contributed by atoms with Crippen LogP contribution in [0.5, 0.6) is 5.75 Å². The van der Waals surface area contributed by atoms with E-state index < -0.39 is 22.0 Å². The van der Waals surface area contributed by atoms with Gasteiger partial charge < -0.3 is 14.2 Å². The average Bonchev–Trinajstić information content (AvgIpc) is 2.90. The van der Waals surface area contributed by atoms with E-state index in [1.165, 1.54) is 13.2 Å². The Morgan fingerprint density at radius 1 is 1.11 bits per heavy atom. The second-order valence-electron chi connectivity index (χ2n) is 7.73. The molecule has 0 aromatic heterocycles. The predicted octanol–water partition coefficient (Wildman–Crippen LogP) is 1.89. The lowest BCUT2D eigenvalue weighted by atomic mass is 10.0. The van der Waals surface area contributed by atoms with Crippen LogP contribution in [0.15, 0.2) is 47.4 Å². The summed E-state index contributed by atoms with van der Waals surface area (Å²) in [5, 5.41) is 0. The molecule has 0 radical (unpaired) electrons. The lowest BCUT2D eigenvalue weighted by Gasteiger charge is -2.24. The summed E-state index contributed by atoms with van der Waals surface area (Å²) in [6.07, 6.45) is 5.60. The summed E-state index contributed by atoms with van der Waals surface area (Å²) in [5.41, 5.74) is 1.77. The summed E-state index contributed by atoms with van der Waals surface area (Å²) < 4.78 is 44.0. The maximum atomic E-state index is 13.2. The Bertz CT molecular complexity index is 1230. The van der Waals surface area contributed by atoms with Gasteiger partial charge in [0.25, 0.3) is 0 Å². The molecule has 1 N–H and O–H groups in total. The van der Waals surface area contributed by atoms with Gasteiger partial charge >= 0.3 is 5.97 Å².